The van der Waals surface area contributed by atoms with E-state index in [2.05, 4.69) is 114 Å². The number of halogens is 2. The van der Waals surface area contributed by atoms with E-state index in [1.165, 1.54) is 11.1 Å². The number of imide groups is 1. The third kappa shape index (κ3) is 24.2. The number of aromatic nitrogens is 1. The van der Waals surface area contributed by atoms with Gasteiger partial charge in [0.1, 0.15) is 11.0 Å². The van der Waals surface area contributed by atoms with Crippen LogP contribution in [0.2, 0.25) is 10.2 Å². The van der Waals surface area contributed by atoms with Crippen molar-refractivity contribution in [2.75, 3.05) is 66.4 Å². The molecule has 133 heavy (non-hydrogen) atoms. The molecule has 7 aromatic carbocycles. The smallest absolute Gasteiger partial charge is 0.262 e. The van der Waals surface area contributed by atoms with Gasteiger partial charge in [-0.05, 0) is 212 Å². The number of rotatable bonds is 25. The fourth-order valence-electron chi connectivity index (χ4n) is 17.4. The Hall–Kier alpha value is -13.7. The van der Waals surface area contributed by atoms with Crippen molar-refractivity contribution >= 4 is 128 Å². The first-order valence-electron chi connectivity index (χ1n) is 44.8. The molecule has 5 heterocycles. The molecule has 8 N–H and O–H groups in total. The number of fused-ring (bicyclic) bond motifs is 4. The average Bonchev–Trinajstić information content (AvgIpc) is 1.63. The Morgan fingerprint density at radius 1 is 0.391 bits per heavy atom. The second kappa shape index (κ2) is 42.7. The number of carbonyl (C=O) groups is 13. The van der Waals surface area contributed by atoms with Gasteiger partial charge in [0.25, 0.3) is 29.5 Å². The van der Waals surface area contributed by atoms with Gasteiger partial charge in [-0.25, -0.2) is 4.98 Å². The highest BCUT2D eigenvalue weighted by atomic mass is 35.5. The summed E-state index contributed by atoms with van der Waals surface area (Å²) in [4.78, 5) is 176. The van der Waals surface area contributed by atoms with E-state index in [-0.39, 0.29) is 138 Å². The Morgan fingerprint density at radius 3 is 1.12 bits per heavy atom. The van der Waals surface area contributed by atoms with Crippen LogP contribution in [0.15, 0.2) is 194 Å². The summed E-state index contributed by atoms with van der Waals surface area (Å²) in [7, 11) is 3.98. The number of aryl methyl sites for hydroxylation is 3. The summed E-state index contributed by atoms with van der Waals surface area (Å²) in [6.45, 7) is 30.9. The number of allylic oxidation sites excluding steroid dienone is 4. The van der Waals surface area contributed by atoms with Gasteiger partial charge in [-0.3, -0.25) is 67.2 Å². The minimum absolute atomic E-state index is 0.0601. The maximum absolute atomic E-state index is 13.0. The Labute approximate surface area is 785 Å². The Bertz CT molecular complexity index is 6030. The van der Waals surface area contributed by atoms with Crippen LogP contribution in [0.25, 0.3) is 0 Å². The SMILES string of the molecule is C=C1CCC(N2C(=O)c3ccc(CNC(=O)CNc4ccc(C)c(Cl)c4)cc3C2=O)C(=O)C1.C=C1CCC(N2Cc3cc(CNC(=O)CNc4ccc(C(C)(C)C)cc4)ccc3C2=O)C(=O)C1.C=C1CCC(N2Cc3cc(CNC(=O)CNc4ccc(C)c(Cl)n4)ccc3C2=O)C(=O)C1.C=C1CCC(N2Cc3cc(CNC(=O)CNc4ccc(C)c(N(C)C)c4)ccc3C2=O)C(=O)C1. The van der Waals surface area contributed by atoms with E-state index in [9.17, 15) is 62.3 Å². The first-order valence-corrected chi connectivity index (χ1v) is 45.5. The number of amides is 9. The number of pyridine rings is 1. The zero-order valence-corrected chi connectivity index (χ0v) is 78.0. The van der Waals surface area contributed by atoms with Gasteiger partial charge in [0.05, 0.1) is 61.5 Å². The second-order valence-electron chi connectivity index (χ2n) is 36.4. The van der Waals surface area contributed by atoms with E-state index in [0.717, 1.165) is 114 Å². The summed E-state index contributed by atoms with van der Waals surface area (Å²) >= 11 is 12.1. The lowest BCUT2D eigenvalue weighted by Gasteiger charge is -2.30. The molecule has 9 amide bonds. The normalized spacial score (nSPS) is 17.9. The molecule has 0 radical (unpaired) electrons. The molecule has 4 fully saturated rings. The molecule has 16 rings (SSSR count). The van der Waals surface area contributed by atoms with Crippen molar-refractivity contribution in [1.29, 1.82) is 0 Å². The molecule has 692 valence electrons. The Kier molecular flexibility index (Phi) is 31.1. The number of hydrogen-bond acceptors (Lipinski definition) is 19. The van der Waals surface area contributed by atoms with E-state index in [0.29, 0.717) is 129 Å². The topological polar surface area (TPSA) is 347 Å². The first kappa shape index (κ1) is 96.9. The van der Waals surface area contributed by atoms with E-state index in [4.69, 9.17) is 23.2 Å². The number of ketones is 4. The molecular weight excluding hydrogens is 1720 g/mol. The molecule has 8 aliphatic rings. The van der Waals surface area contributed by atoms with Crippen molar-refractivity contribution in [3.05, 3.63) is 293 Å². The van der Waals surface area contributed by atoms with Crippen molar-refractivity contribution in [1.82, 2.24) is 45.9 Å². The zero-order valence-electron chi connectivity index (χ0n) is 76.5. The molecule has 4 aliphatic carbocycles. The van der Waals surface area contributed by atoms with Gasteiger partial charge < -0.3 is 62.1 Å². The maximum Gasteiger partial charge on any atom is 0.262 e. The second-order valence-corrected chi connectivity index (χ2v) is 37.2. The first-order chi connectivity index (χ1) is 63.4. The number of hydrogen-bond donors (Lipinski definition) is 8. The van der Waals surface area contributed by atoms with Gasteiger partial charge in [0.2, 0.25) is 23.6 Å². The zero-order chi connectivity index (χ0) is 95.4. The van der Waals surface area contributed by atoms with Gasteiger partial charge in [-0.1, -0.05) is 165 Å². The number of carbonyl (C=O) groups excluding carboxylic acids is 13. The number of Topliss-reactive ketones (excluding diaryl/α,β-unsaturated/α-hetero) is 4. The van der Waals surface area contributed by atoms with Crippen molar-refractivity contribution in [2.24, 2.45) is 0 Å². The highest BCUT2D eigenvalue weighted by Crippen LogP contribution is 2.38. The predicted octanol–water partition coefficient (Wildman–Crippen LogP) is 14.8. The fourth-order valence-corrected chi connectivity index (χ4v) is 17.8. The summed E-state index contributed by atoms with van der Waals surface area (Å²) in [5.74, 6) is -1.24. The average molecular weight is 1840 g/mol. The van der Waals surface area contributed by atoms with Crippen LogP contribution in [0.1, 0.15) is 211 Å². The highest BCUT2D eigenvalue weighted by Gasteiger charge is 2.45. The molecule has 27 nitrogen and oxygen atoms in total. The van der Waals surface area contributed by atoms with Crippen LogP contribution >= 0.6 is 23.2 Å². The van der Waals surface area contributed by atoms with Gasteiger partial charge in [0, 0.05) is 130 Å². The third-order valence-corrected chi connectivity index (χ3v) is 25.9. The molecule has 4 saturated carbocycles. The van der Waals surface area contributed by atoms with E-state index in [1.807, 2.05) is 118 Å². The summed E-state index contributed by atoms with van der Waals surface area (Å²) in [6, 6.07) is 43.0. The summed E-state index contributed by atoms with van der Waals surface area (Å²) in [6.07, 6.45) is 6.53. The maximum atomic E-state index is 13.0. The van der Waals surface area contributed by atoms with Crippen LogP contribution in [-0.4, -0.2) is 165 Å². The van der Waals surface area contributed by atoms with E-state index >= 15 is 0 Å². The summed E-state index contributed by atoms with van der Waals surface area (Å²) in [5, 5.41) is 24.8. The van der Waals surface area contributed by atoms with Gasteiger partial charge in [-0.15, -0.1) is 0 Å². The van der Waals surface area contributed by atoms with Crippen molar-refractivity contribution in [3.8, 4) is 0 Å². The molecule has 4 atom stereocenters. The molecule has 29 heteroatoms. The fraction of sp³-hybridized carbons (Fsp3) is 0.346. The molecule has 0 saturated heterocycles. The Morgan fingerprint density at radius 2 is 0.737 bits per heavy atom. The third-order valence-electron chi connectivity index (χ3n) is 25.1. The van der Waals surface area contributed by atoms with Gasteiger partial charge >= 0.3 is 0 Å². The molecule has 8 aromatic rings. The molecule has 4 aliphatic heterocycles. The lowest BCUT2D eigenvalue weighted by molar-refractivity contribution is -0.124. The van der Waals surface area contributed by atoms with Crippen LogP contribution in [0.3, 0.4) is 0 Å². The number of nitrogens with zero attached hydrogens (tertiary/aromatic N) is 6. The lowest BCUT2D eigenvalue weighted by atomic mass is 9.87. The standard InChI is InChI=1S/C28H33N3O3.C27H32N4O3.C25H24ClN3O4.C24H25ClN4O3/c1-18-5-12-24(25(32)13-18)31-17-20-14-19(6-11-23(20)27(31)34)15-30-26(33)16-29-22-9-7-21(8-10-22)28(2,3)4;1-17-5-10-23(25(32)11-17)31-16-20-12-19(7-9-22(20)27(31)34)14-29-26(33)15-28-21-8-6-18(2)24(13-21)30(3)4;1-14-3-8-21(22(30)9-14)29-24(32)18-7-5-16(10-19(18)25(29)33)12-28-23(31)13-27-17-6-4-15(2)20(26)11-17;1-14-3-7-19(20(30)9-14)29-13-17-10-16(5-6-18(17)24(29)32)11-27-22(31)12-26-21-8-4-15(2)23(25)28-21/h6-11,14,24,29H,1,5,12-13,15-17H2,2-4H3,(H,30,33);6-9,12-13,23,28H,1,5,10-11,14-16H2,2-4H3,(H,29,33);4-7,10-11,21,27H,1,3,8-9,12-13H2,2H3,(H,28,31);4-6,8,10,19H,1,3,7,9,11-13H2,2H3,(H,26,28)(H,27,31). The minimum atomic E-state index is -0.743. The Balaban J connectivity index is 0.000000151. The van der Waals surface area contributed by atoms with Gasteiger partial charge in [-0.2, -0.15) is 0 Å². The van der Waals surface area contributed by atoms with Crippen LogP contribution in [0.5, 0.6) is 0 Å². The van der Waals surface area contributed by atoms with Crippen molar-refractivity contribution in [2.45, 2.75) is 194 Å². The molecule has 0 bridgehead atoms. The lowest BCUT2D eigenvalue weighted by Crippen LogP contribution is -2.46. The number of benzene rings is 7. The predicted molar refractivity (Wildman–Crippen MR) is 515 cm³/mol. The van der Waals surface area contributed by atoms with Gasteiger partial charge in [0.15, 0.2) is 23.1 Å². The molecular formula is C104H114Cl2N14O13. The number of anilines is 5. The van der Waals surface area contributed by atoms with Crippen LogP contribution in [0.4, 0.5) is 28.6 Å². The van der Waals surface area contributed by atoms with Crippen LogP contribution < -0.4 is 47.4 Å². The highest BCUT2D eigenvalue weighted by molar-refractivity contribution is 6.31. The van der Waals surface area contributed by atoms with E-state index < -0.39 is 17.9 Å². The van der Waals surface area contributed by atoms with Crippen LogP contribution in [-0.2, 0) is 89.6 Å². The minimum Gasteiger partial charge on any atom is -0.377 e. The molecule has 0 spiro atoms. The summed E-state index contributed by atoms with van der Waals surface area (Å²) < 4.78 is 0. The van der Waals surface area contributed by atoms with Crippen molar-refractivity contribution in [3.63, 3.8) is 0 Å². The van der Waals surface area contributed by atoms with Crippen molar-refractivity contribution < 1.29 is 62.3 Å². The largest absolute Gasteiger partial charge is 0.377 e. The molecule has 4 unspecified atom stereocenters. The molecule has 1 aromatic heterocycles. The quantitative estimate of drug-likeness (QED) is 0.0150. The monoisotopic (exact) mass is 1840 g/mol. The number of nitrogens with one attached hydrogen (secondary N) is 8. The van der Waals surface area contributed by atoms with E-state index in [1.54, 1.807) is 63.2 Å². The summed E-state index contributed by atoms with van der Waals surface area (Å²) in [5.41, 5.74) is 20.2. The van der Waals surface area contributed by atoms with Crippen LogP contribution in [0, 0.1) is 20.8 Å².